The van der Waals surface area contributed by atoms with E-state index in [-0.39, 0.29) is 30.0 Å². The Morgan fingerprint density at radius 1 is 1.26 bits per heavy atom. The van der Waals surface area contributed by atoms with Crippen LogP contribution in [0, 0.1) is 5.92 Å². The van der Waals surface area contributed by atoms with Gasteiger partial charge in [0.25, 0.3) is 0 Å². The van der Waals surface area contributed by atoms with Crippen LogP contribution in [0.3, 0.4) is 0 Å². The molecule has 0 radical (unpaired) electrons. The largest absolute Gasteiger partial charge is 0.497 e. The third kappa shape index (κ3) is 5.90. The van der Waals surface area contributed by atoms with Crippen molar-refractivity contribution in [2.75, 3.05) is 18.3 Å². The van der Waals surface area contributed by atoms with Gasteiger partial charge in [-0.05, 0) is 30.2 Å². The standard InChI is InChI=1S/C18H23ClN4O3S/c1-4-11(2)15(20-14(24)9-10-19)16(25)21-18-23-22-17(27-18)12-5-7-13(26-3)8-6-12/h5-8,11,15H,4,9-10H2,1-3H3,(H,20,24)(H,21,23,25)/t11-,15+/m1/s1. The van der Waals surface area contributed by atoms with Crippen LogP contribution in [-0.4, -0.2) is 41.0 Å². The molecule has 1 aromatic heterocycles. The molecular weight excluding hydrogens is 388 g/mol. The predicted molar refractivity (Wildman–Crippen MR) is 107 cm³/mol. The van der Waals surface area contributed by atoms with E-state index in [4.69, 9.17) is 16.3 Å². The second-order valence-electron chi connectivity index (χ2n) is 6.00. The quantitative estimate of drug-likeness (QED) is 0.618. The Balaban J connectivity index is 2.08. The molecule has 0 saturated carbocycles. The van der Waals surface area contributed by atoms with E-state index < -0.39 is 6.04 Å². The predicted octanol–water partition coefficient (Wildman–Crippen LogP) is 3.31. The molecule has 1 aromatic carbocycles. The van der Waals surface area contributed by atoms with Crippen LogP contribution < -0.4 is 15.4 Å². The van der Waals surface area contributed by atoms with Crippen LogP contribution in [0.5, 0.6) is 5.75 Å². The van der Waals surface area contributed by atoms with Gasteiger partial charge in [0.1, 0.15) is 16.8 Å². The fourth-order valence-corrected chi connectivity index (χ4v) is 3.26. The number of aromatic nitrogens is 2. The summed E-state index contributed by atoms with van der Waals surface area (Å²) in [4.78, 5) is 24.5. The smallest absolute Gasteiger partial charge is 0.249 e. The van der Waals surface area contributed by atoms with Gasteiger partial charge in [-0.3, -0.25) is 14.9 Å². The third-order valence-electron chi connectivity index (χ3n) is 4.13. The lowest BCUT2D eigenvalue weighted by Gasteiger charge is -2.22. The normalized spacial score (nSPS) is 12.9. The lowest BCUT2D eigenvalue weighted by molar-refractivity contribution is -0.127. The summed E-state index contributed by atoms with van der Waals surface area (Å²) in [5, 5.41) is 14.7. The van der Waals surface area contributed by atoms with E-state index in [1.165, 1.54) is 11.3 Å². The highest BCUT2D eigenvalue weighted by Gasteiger charge is 2.26. The molecule has 7 nitrogen and oxygen atoms in total. The van der Waals surface area contributed by atoms with E-state index in [2.05, 4.69) is 20.8 Å². The molecule has 9 heteroatoms. The summed E-state index contributed by atoms with van der Waals surface area (Å²) in [6, 6.07) is 6.76. The number of rotatable bonds is 9. The molecule has 0 aliphatic heterocycles. The minimum Gasteiger partial charge on any atom is -0.497 e. The summed E-state index contributed by atoms with van der Waals surface area (Å²) in [5.41, 5.74) is 0.877. The van der Waals surface area contributed by atoms with Gasteiger partial charge in [0.2, 0.25) is 16.9 Å². The van der Waals surface area contributed by atoms with Crippen LogP contribution >= 0.6 is 22.9 Å². The second kappa shape index (κ2) is 10.2. The molecule has 0 spiro atoms. The molecule has 2 aromatic rings. The number of halogens is 1. The summed E-state index contributed by atoms with van der Waals surface area (Å²) in [6.07, 6.45) is 0.911. The molecule has 2 amide bonds. The van der Waals surface area contributed by atoms with Gasteiger partial charge in [-0.2, -0.15) is 0 Å². The molecule has 1 heterocycles. The Kier molecular flexibility index (Phi) is 7.99. The van der Waals surface area contributed by atoms with Crippen molar-refractivity contribution < 1.29 is 14.3 Å². The number of carbonyl (C=O) groups is 2. The van der Waals surface area contributed by atoms with Gasteiger partial charge in [-0.1, -0.05) is 31.6 Å². The minimum absolute atomic E-state index is 0.0294. The van der Waals surface area contributed by atoms with Crippen molar-refractivity contribution >= 4 is 39.9 Å². The molecule has 0 aliphatic rings. The lowest BCUT2D eigenvalue weighted by Crippen LogP contribution is -2.47. The highest BCUT2D eigenvalue weighted by Crippen LogP contribution is 2.28. The number of alkyl halides is 1. The maximum atomic E-state index is 12.6. The molecular formula is C18H23ClN4O3S. The van der Waals surface area contributed by atoms with Crippen LogP contribution in [0.4, 0.5) is 5.13 Å². The van der Waals surface area contributed by atoms with Crippen LogP contribution in [0.2, 0.25) is 0 Å². The zero-order chi connectivity index (χ0) is 19.8. The number of ether oxygens (including phenoxy) is 1. The molecule has 2 atom stereocenters. The Hall–Kier alpha value is -2.19. The van der Waals surface area contributed by atoms with Crippen molar-refractivity contribution in [2.24, 2.45) is 5.92 Å². The van der Waals surface area contributed by atoms with Crippen molar-refractivity contribution in [1.29, 1.82) is 0 Å². The molecule has 146 valence electrons. The maximum Gasteiger partial charge on any atom is 0.249 e. The highest BCUT2D eigenvalue weighted by atomic mass is 35.5. The number of amides is 2. The summed E-state index contributed by atoms with van der Waals surface area (Å²) in [5.74, 6) is 0.368. The highest BCUT2D eigenvalue weighted by molar-refractivity contribution is 7.18. The summed E-state index contributed by atoms with van der Waals surface area (Å²) in [6.45, 7) is 3.87. The van der Waals surface area contributed by atoms with Gasteiger partial charge in [0.15, 0.2) is 0 Å². The lowest BCUT2D eigenvalue weighted by atomic mass is 9.98. The van der Waals surface area contributed by atoms with Crippen LogP contribution in [0.1, 0.15) is 26.7 Å². The Morgan fingerprint density at radius 2 is 1.96 bits per heavy atom. The van der Waals surface area contributed by atoms with Crippen LogP contribution in [-0.2, 0) is 9.59 Å². The first-order valence-electron chi connectivity index (χ1n) is 8.62. The van der Waals surface area contributed by atoms with Gasteiger partial charge in [-0.25, -0.2) is 0 Å². The first kappa shape index (κ1) is 21.1. The van der Waals surface area contributed by atoms with E-state index >= 15 is 0 Å². The minimum atomic E-state index is -0.654. The van der Waals surface area contributed by atoms with Gasteiger partial charge in [-0.15, -0.1) is 21.8 Å². The van der Waals surface area contributed by atoms with E-state index in [1.54, 1.807) is 7.11 Å². The van der Waals surface area contributed by atoms with Crippen LogP contribution in [0.25, 0.3) is 10.6 Å². The van der Waals surface area contributed by atoms with Crippen molar-refractivity contribution in [1.82, 2.24) is 15.5 Å². The zero-order valence-electron chi connectivity index (χ0n) is 15.5. The summed E-state index contributed by atoms with van der Waals surface area (Å²) >= 11 is 6.86. The number of methoxy groups -OCH3 is 1. The van der Waals surface area contributed by atoms with Crippen LogP contribution in [0.15, 0.2) is 24.3 Å². The topological polar surface area (TPSA) is 93.2 Å². The second-order valence-corrected chi connectivity index (χ2v) is 7.36. The van der Waals surface area contributed by atoms with Crippen molar-refractivity contribution in [3.05, 3.63) is 24.3 Å². The number of hydrogen-bond acceptors (Lipinski definition) is 6. The maximum absolute atomic E-state index is 12.6. The fourth-order valence-electron chi connectivity index (χ4n) is 2.34. The van der Waals surface area contributed by atoms with E-state index in [0.29, 0.717) is 10.1 Å². The van der Waals surface area contributed by atoms with E-state index in [9.17, 15) is 9.59 Å². The van der Waals surface area contributed by atoms with Gasteiger partial charge >= 0.3 is 0 Å². The number of carbonyl (C=O) groups excluding carboxylic acids is 2. The molecule has 0 fully saturated rings. The Bertz CT molecular complexity index is 766. The number of anilines is 1. The Morgan fingerprint density at radius 3 is 2.56 bits per heavy atom. The van der Waals surface area contributed by atoms with E-state index in [1.807, 2.05) is 38.1 Å². The SMILES string of the molecule is CC[C@@H](C)[C@H](NC(=O)CCCl)C(=O)Nc1nnc(-c2ccc(OC)cc2)s1. The van der Waals surface area contributed by atoms with Gasteiger partial charge in [0.05, 0.1) is 7.11 Å². The summed E-state index contributed by atoms with van der Waals surface area (Å²) < 4.78 is 5.14. The molecule has 0 aliphatic carbocycles. The molecule has 27 heavy (non-hydrogen) atoms. The average molecular weight is 411 g/mol. The van der Waals surface area contributed by atoms with Crippen molar-refractivity contribution in [3.8, 4) is 16.3 Å². The van der Waals surface area contributed by atoms with Crippen molar-refractivity contribution in [2.45, 2.75) is 32.7 Å². The fraction of sp³-hybridized carbons (Fsp3) is 0.444. The molecule has 0 unspecified atom stereocenters. The molecule has 0 bridgehead atoms. The third-order valence-corrected chi connectivity index (χ3v) is 5.20. The number of hydrogen-bond donors (Lipinski definition) is 2. The zero-order valence-corrected chi connectivity index (χ0v) is 17.1. The summed E-state index contributed by atoms with van der Waals surface area (Å²) in [7, 11) is 1.60. The molecule has 2 N–H and O–H groups in total. The number of nitrogens with one attached hydrogen (secondary N) is 2. The average Bonchev–Trinajstić information content (AvgIpc) is 3.14. The first-order chi connectivity index (χ1) is 13.0. The van der Waals surface area contributed by atoms with Gasteiger partial charge < -0.3 is 10.1 Å². The molecule has 0 saturated heterocycles. The number of nitrogens with zero attached hydrogens (tertiary/aromatic N) is 2. The van der Waals surface area contributed by atoms with Gasteiger partial charge in [0, 0.05) is 17.9 Å². The number of benzene rings is 1. The first-order valence-corrected chi connectivity index (χ1v) is 9.97. The van der Waals surface area contributed by atoms with Crippen molar-refractivity contribution in [3.63, 3.8) is 0 Å². The van der Waals surface area contributed by atoms with E-state index in [0.717, 1.165) is 17.7 Å². The monoisotopic (exact) mass is 410 g/mol. The Labute approximate surface area is 167 Å². The molecule has 2 rings (SSSR count).